The Labute approximate surface area is 178 Å². The number of aliphatic hydroxyl groups is 1. The quantitative estimate of drug-likeness (QED) is 0.461. The lowest BCUT2D eigenvalue weighted by molar-refractivity contribution is -0.145. The smallest absolute Gasteiger partial charge is 0.344 e. The van der Waals surface area contributed by atoms with Crippen LogP contribution in [0, 0.1) is 0 Å². The molecule has 0 spiro atoms. The summed E-state index contributed by atoms with van der Waals surface area (Å²) in [5.41, 5.74) is 2.54. The van der Waals surface area contributed by atoms with Crippen molar-refractivity contribution in [3.05, 3.63) is 59.7 Å². The Balaban J connectivity index is 1.48. The zero-order chi connectivity index (χ0) is 21.2. The molecule has 0 radical (unpaired) electrons. The molecule has 1 aliphatic carbocycles. The van der Waals surface area contributed by atoms with Crippen LogP contribution in [-0.2, 0) is 22.4 Å². The van der Waals surface area contributed by atoms with E-state index >= 15 is 0 Å². The third-order valence-electron chi connectivity index (χ3n) is 5.13. The van der Waals surface area contributed by atoms with Crippen LogP contribution >= 0.6 is 0 Å². The van der Waals surface area contributed by atoms with E-state index in [1.165, 1.54) is 11.1 Å². The van der Waals surface area contributed by atoms with Crippen molar-refractivity contribution in [3.63, 3.8) is 0 Å². The molecule has 0 unspecified atom stereocenters. The molecule has 0 bridgehead atoms. The lowest BCUT2D eigenvalue weighted by Crippen LogP contribution is -2.39. The molecular weight excluding hydrogens is 382 g/mol. The van der Waals surface area contributed by atoms with Crippen LogP contribution in [0.15, 0.2) is 48.5 Å². The van der Waals surface area contributed by atoms with E-state index in [4.69, 9.17) is 14.2 Å². The predicted octanol–water partition coefficient (Wildman–Crippen LogP) is 2.91. The topological polar surface area (TPSA) is 77.0 Å². The van der Waals surface area contributed by atoms with Crippen molar-refractivity contribution < 1.29 is 24.1 Å². The number of fused-ring (bicyclic) bond motifs is 1. The van der Waals surface area contributed by atoms with E-state index in [0.717, 1.165) is 31.4 Å². The van der Waals surface area contributed by atoms with Gasteiger partial charge in [-0.1, -0.05) is 24.3 Å². The van der Waals surface area contributed by atoms with E-state index in [1.807, 2.05) is 42.5 Å². The van der Waals surface area contributed by atoms with Crippen LogP contribution in [-0.4, -0.2) is 49.6 Å². The highest BCUT2D eigenvalue weighted by Gasteiger charge is 2.18. The standard InChI is InChI=1S/C24H31NO5/c1-2-28-24(27)17-30-23-12-11-18-7-6-8-20(13-19(18)14-23)25-15-21(26)16-29-22-9-4-3-5-10-22/h3-5,9-12,14,20-21,25-26H,2,6-8,13,15-17H2,1H3/t20-,21-/m0/s1. The number of ether oxygens (including phenoxy) is 3. The molecule has 6 nitrogen and oxygen atoms in total. The molecular formula is C24H31NO5. The fourth-order valence-electron chi connectivity index (χ4n) is 3.62. The highest BCUT2D eigenvalue weighted by Crippen LogP contribution is 2.25. The Morgan fingerprint density at radius 1 is 1.13 bits per heavy atom. The molecule has 2 atom stereocenters. The molecule has 0 heterocycles. The first-order valence-corrected chi connectivity index (χ1v) is 10.6. The molecule has 6 heteroatoms. The summed E-state index contributed by atoms with van der Waals surface area (Å²) in [5, 5.41) is 13.7. The monoisotopic (exact) mass is 413 g/mol. The van der Waals surface area contributed by atoms with Crippen LogP contribution in [0.3, 0.4) is 0 Å². The van der Waals surface area contributed by atoms with Crippen molar-refractivity contribution in [2.75, 3.05) is 26.4 Å². The van der Waals surface area contributed by atoms with Gasteiger partial charge in [0.25, 0.3) is 0 Å². The number of hydrogen-bond donors (Lipinski definition) is 2. The zero-order valence-electron chi connectivity index (χ0n) is 17.5. The fraction of sp³-hybridized carbons (Fsp3) is 0.458. The number of carbonyl (C=O) groups is 1. The fourth-order valence-corrected chi connectivity index (χ4v) is 3.62. The van der Waals surface area contributed by atoms with E-state index in [2.05, 4.69) is 11.4 Å². The van der Waals surface area contributed by atoms with Crippen LogP contribution in [0.5, 0.6) is 11.5 Å². The third kappa shape index (κ3) is 7.04. The number of carbonyl (C=O) groups excluding carboxylic acids is 1. The molecule has 2 aromatic rings. The number of para-hydroxylation sites is 1. The Morgan fingerprint density at radius 3 is 2.77 bits per heavy atom. The molecule has 2 N–H and O–H groups in total. The van der Waals surface area contributed by atoms with Gasteiger partial charge in [0.05, 0.1) is 6.61 Å². The van der Waals surface area contributed by atoms with Gasteiger partial charge in [-0.25, -0.2) is 4.79 Å². The van der Waals surface area contributed by atoms with Gasteiger partial charge in [-0.2, -0.15) is 0 Å². The van der Waals surface area contributed by atoms with E-state index in [1.54, 1.807) is 6.92 Å². The number of esters is 1. The second kappa shape index (κ2) is 11.6. The Bertz CT molecular complexity index is 795. The summed E-state index contributed by atoms with van der Waals surface area (Å²) in [6.07, 6.45) is 3.43. The van der Waals surface area contributed by atoms with Crippen molar-refractivity contribution in [2.24, 2.45) is 0 Å². The van der Waals surface area contributed by atoms with Crippen molar-refractivity contribution in [1.29, 1.82) is 0 Å². The SMILES string of the molecule is CCOC(=O)COc1ccc2c(c1)C[C@@H](NC[C@H](O)COc1ccccc1)CCC2. The minimum Gasteiger partial charge on any atom is -0.491 e. The summed E-state index contributed by atoms with van der Waals surface area (Å²) in [6.45, 7) is 2.78. The number of nitrogens with one attached hydrogen (secondary N) is 1. The highest BCUT2D eigenvalue weighted by molar-refractivity contribution is 5.71. The first kappa shape index (κ1) is 22.1. The largest absolute Gasteiger partial charge is 0.491 e. The van der Waals surface area contributed by atoms with Crippen molar-refractivity contribution in [2.45, 2.75) is 44.8 Å². The molecule has 0 saturated carbocycles. The summed E-state index contributed by atoms with van der Waals surface area (Å²) in [5.74, 6) is 1.08. The minimum absolute atomic E-state index is 0.0814. The van der Waals surface area contributed by atoms with Gasteiger partial charge in [0.2, 0.25) is 0 Å². The van der Waals surface area contributed by atoms with Gasteiger partial charge in [0.15, 0.2) is 6.61 Å². The number of benzene rings is 2. The maximum atomic E-state index is 11.5. The molecule has 162 valence electrons. The van der Waals surface area contributed by atoms with E-state index in [0.29, 0.717) is 18.9 Å². The molecule has 2 aromatic carbocycles. The Kier molecular flexibility index (Phi) is 8.53. The highest BCUT2D eigenvalue weighted by atomic mass is 16.6. The van der Waals surface area contributed by atoms with Gasteiger partial charge in [-0.3, -0.25) is 0 Å². The van der Waals surface area contributed by atoms with Crippen molar-refractivity contribution in [1.82, 2.24) is 5.32 Å². The lowest BCUT2D eigenvalue weighted by atomic mass is 10.0. The molecule has 0 amide bonds. The van der Waals surface area contributed by atoms with Crippen LogP contribution in [0.2, 0.25) is 0 Å². The second-order valence-corrected chi connectivity index (χ2v) is 7.50. The summed E-state index contributed by atoms with van der Waals surface area (Å²) in [6, 6.07) is 15.8. The average molecular weight is 414 g/mol. The molecule has 0 aliphatic heterocycles. The van der Waals surface area contributed by atoms with Crippen molar-refractivity contribution in [3.8, 4) is 11.5 Å². The van der Waals surface area contributed by atoms with Crippen LogP contribution in [0.4, 0.5) is 0 Å². The normalized spacial score (nSPS) is 16.8. The molecule has 0 fully saturated rings. The average Bonchev–Trinajstić information content (AvgIpc) is 2.97. The van der Waals surface area contributed by atoms with Gasteiger partial charge in [-0.05, 0) is 68.0 Å². The van der Waals surface area contributed by atoms with Gasteiger partial charge in [0, 0.05) is 12.6 Å². The summed E-state index contributed by atoms with van der Waals surface area (Å²) in [4.78, 5) is 11.5. The van der Waals surface area contributed by atoms with E-state index < -0.39 is 6.10 Å². The van der Waals surface area contributed by atoms with Gasteiger partial charge >= 0.3 is 5.97 Å². The van der Waals surface area contributed by atoms with Gasteiger partial charge in [-0.15, -0.1) is 0 Å². The number of aliphatic hydroxyl groups excluding tert-OH is 1. The molecule has 0 aromatic heterocycles. The number of aryl methyl sites for hydroxylation is 1. The van der Waals surface area contributed by atoms with E-state index in [-0.39, 0.29) is 25.2 Å². The third-order valence-corrected chi connectivity index (χ3v) is 5.13. The van der Waals surface area contributed by atoms with Crippen molar-refractivity contribution >= 4 is 5.97 Å². The van der Waals surface area contributed by atoms with Crippen LogP contribution in [0.1, 0.15) is 30.9 Å². The van der Waals surface area contributed by atoms with Gasteiger partial charge in [0.1, 0.15) is 24.2 Å². The predicted molar refractivity (Wildman–Crippen MR) is 115 cm³/mol. The molecule has 3 rings (SSSR count). The summed E-state index contributed by atoms with van der Waals surface area (Å²) >= 11 is 0. The first-order valence-electron chi connectivity index (χ1n) is 10.6. The lowest BCUT2D eigenvalue weighted by Gasteiger charge is -2.20. The van der Waals surface area contributed by atoms with Crippen LogP contribution < -0.4 is 14.8 Å². The van der Waals surface area contributed by atoms with Crippen LogP contribution in [0.25, 0.3) is 0 Å². The Hall–Kier alpha value is -2.57. The molecule has 1 aliphatic rings. The van der Waals surface area contributed by atoms with E-state index in [9.17, 15) is 9.90 Å². The number of hydrogen-bond acceptors (Lipinski definition) is 6. The summed E-state index contributed by atoms with van der Waals surface area (Å²) in [7, 11) is 0. The molecule has 0 saturated heterocycles. The molecule has 30 heavy (non-hydrogen) atoms. The maximum Gasteiger partial charge on any atom is 0.344 e. The first-order chi connectivity index (χ1) is 14.6. The van der Waals surface area contributed by atoms with Gasteiger partial charge < -0.3 is 24.6 Å². The summed E-state index contributed by atoms with van der Waals surface area (Å²) < 4.78 is 16.1. The second-order valence-electron chi connectivity index (χ2n) is 7.50. The zero-order valence-corrected chi connectivity index (χ0v) is 17.5. The minimum atomic E-state index is -0.577. The number of rotatable bonds is 10. The Morgan fingerprint density at radius 2 is 1.97 bits per heavy atom. The maximum absolute atomic E-state index is 11.5.